The standard InChI is InChI=1S/C12H13BrN2O3/c13-8-4-1-3-7(12(17)18)10(8)15-11(16)9-5-2-6-14-9/h1,3-4,9,14H,2,5-6H2,(H,15,16)(H,17,18)/t9-/m1/s1. The highest BCUT2D eigenvalue weighted by atomic mass is 79.9. The van der Waals surface area contributed by atoms with Crippen LogP contribution < -0.4 is 10.6 Å². The van der Waals surface area contributed by atoms with E-state index in [2.05, 4.69) is 26.6 Å². The molecular weight excluding hydrogens is 300 g/mol. The summed E-state index contributed by atoms with van der Waals surface area (Å²) in [5.41, 5.74) is 0.388. The Morgan fingerprint density at radius 3 is 2.83 bits per heavy atom. The summed E-state index contributed by atoms with van der Waals surface area (Å²) >= 11 is 3.25. The van der Waals surface area contributed by atoms with Gasteiger partial charge in [0.25, 0.3) is 0 Å². The SMILES string of the molecule is O=C(O)c1cccc(Br)c1NC(=O)[C@H]1CCCN1. The molecule has 1 aliphatic heterocycles. The number of halogens is 1. The van der Waals surface area contributed by atoms with E-state index in [4.69, 9.17) is 5.11 Å². The second-order valence-corrected chi connectivity index (χ2v) is 4.96. The fraction of sp³-hybridized carbons (Fsp3) is 0.333. The summed E-state index contributed by atoms with van der Waals surface area (Å²) in [5.74, 6) is -1.26. The molecule has 0 aromatic heterocycles. The van der Waals surface area contributed by atoms with E-state index in [1.165, 1.54) is 6.07 Å². The quantitative estimate of drug-likeness (QED) is 0.795. The summed E-state index contributed by atoms with van der Waals surface area (Å²) in [6, 6.07) is 4.55. The third-order valence-electron chi connectivity index (χ3n) is 2.87. The number of hydrogen-bond donors (Lipinski definition) is 3. The van der Waals surface area contributed by atoms with Gasteiger partial charge in [0.1, 0.15) is 0 Å². The zero-order chi connectivity index (χ0) is 13.1. The molecule has 96 valence electrons. The van der Waals surface area contributed by atoms with Crippen molar-refractivity contribution in [3.8, 4) is 0 Å². The molecule has 3 N–H and O–H groups in total. The number of aromatic carboxylic acids is 1. The number of hydrogen-bond acceptors (Lipinski definition) is 3. The van der Waals surface area contributed by atoms with Crippen molar-refractivity contribution in [2.75, 3.05) is 11.9 Å². The summed E-state index contributed by atoms with van der Waals surface area (Å²) < 4.78 is 0.564. The van der Waals surface area contributed by atoms with Crippen LogP contribution in [-0.4, -0.2) is 29.6 Å². The highest BCUT2D eigenvalue weighted by Gasteiger charge is 2.24. The maximum Gasteiger partial charge on any atom is 0.337 e. The van der Waals surface area contributed by atoms with Gasteiger partial charge in [-0.25, -0.2) is 4.79 Å². The Balaban J connectivity index is 2.22. The van der Waals surface area contributed by atoms with E-state index < -0.39 is 5.97 Å². The summed E-state index contributed by atoms with van der Waals surface area (Å²) in [6.45, 7) is 0.819. The lowest BCUT2D eigenvalue weighted by molar-refractivity contribution is -0.117. The fourth-order valence-electron chi connectivity index (χ4n) is 1.95. The number of carbonyl (C=O) groups excluding carboxylic acids is 1. The van der Waals surface area contributed by atoms with Gasteiger partial charge in [-0.3, -0.25) is 4.79 Å². The van der Waals surface area contributed by atoms with Crippen molar-refractivity contribution < 1.29 is 14.7 Å². The summed E-state index contributed by atoms with van der Waals surface area (Å²) in [4.78, 5) is 23.0. The normalized spacial score (nSPS) is 18.6. The van der Waals surface area contributed by atoms with Gasteiger partial charge in [0.05, 0.1) is 17.3 Å². The van der Waals surface area contributed by atoms with E-state index >= 15 is 0 Å². The van der Waals surface area contributed by atoms with Crippen LogP contribution in [0.25, 0.3) is 0 Å². The Kier molecular flexibility index (Phi) is 3.98. The van der Waals surface area contributed by atoms with Crippen LogP contribution in [0.2, 0.25) is 0 Å². The van der Waals surface area contributed by atoms with E-state index in [-0.39, 0.29) is 17.5 Å². The van der Waals surface area contributed by atoms with Crippen LogP contribution in [0.15, 0.2) is 22.7 Å². The first-order valence-corrected chi connectivity index (χ1v) is 6.45. The van der Waals surface area contributed by atoms with Crippen LogP contribution in [0.5, 0.6) is 0 Å². The first-order chi connectivity index (χ1) is 8.59. The molecule has 1 atom stereocenters. The van der Waals surface area contributed by atoms with E-state index in [0.717, 1.165) is 19.4 Å². The maximum absolute atomic E-state index is 12.0. The molecule has 1 aromatic rings. The number of carbonyl (C=O) groups is 2. The van der Waals surface area contributed by atoms with E-state index in [9.17, 15) is 9.59 Å². The lowest BCUT2D eigenvalue weighted by atomic mass is 10.1. The van der Waals surface area contributed by atoms with Gasteiger partial charge >= 0.3 is 5.97 Å². The summed E-state index contributed by atoms with van der Waals surface area (Å²) in [6.07, 6.45) is 1.73. The van der Waals surface area contributed by atoms with Crippen molar-refractivity contribution in [1.82, 2.24) is 5.32 Å². The van der Waals surface area contributed by atoms with Gasteiger partial charge in [-0.2, -0.15) is 0 Å². The molecule has 18 heavy (non-hydrogen) atoms. The van der Waals surface area contributed by atoms with Gasteiger partial charge in [-0.1, -0.05) is 6.07 Å². The van der Waals surface area contributed by atoms with Gasteiger partial charge in [0, 0.05) is 4.47 Å². The average Bonchev–Trinajstić information content (AvgIpc) is 2.85. The number of para-hydroxylation sites is 1. The highest BCUT2D eigenvalue weighted by Crippen LogP contribution is 2.27. The van der Waals surface area contributed by atoms with Crippen LogP contribution >= 0.6 is 15.9 Å². The van der Waals surface area contributed by atoms with Crippen molar-refractivity contribution in [3.05, 3.63) is 28.2 Å². The Bertz CT molecular complexity index is 484. The van der Waals surface area contributed by atoms with Crippen LogP contribution in [0.4, 0.5) is 5.69 Å². The third-order valence-corrected chi connectivity index (χ3v) is 3.53. The van der Waals surface area contributed by atoms with Crippen LogP contribution in [0.1, 0.15) is 23.2 Å². The van der Waals surface area contributed by atoms with Crippen LogP contribution in [0.3, 0.4) is 0 Å². The lowest BCUT2D eigenvalue weighted by Gasteiger charge is -2.14. The van der Waals surface area contributed by atoms with E-state index in [0.29, 0.717) is 10.2 Å². The Hall–Kier alpha value is -1.40. The van der Waals surface area contributed by atoms with Crippen molar-refractivity contribution in [2.45, 2.75) is 18.9 Å². The number of benzene rings is 1. The summed E-state index contributed by atoms with van der Waals surface area (Å²) in [5, 5.41) is 14.8. The van der Waals surface area contributed by atoms with Crippen LogP contribution in [0, 0.1) is 0 Å². The second kappa shape index (κ2) is 5.49. The molecule has 0 saturated carbocycles. The fourth-order valence-corrected chi connectivity index (χ4v) is 2.41. The molecule has 1 amide bonds. The molecule has 1 heterocycles. The maximum atomic E-state index is 12.0. The third kappa shape index (κ3) is 2.70. The average molecular weight is 313 g/mol. The predicted octanol–water partition coefficient (Wildman–Crippen LogP) is 1.84. The molecule has 0 bridgehead atoms. The molecule has 1 aromatic carbocycles. The number of amides is 1. The molecular formula is C12H13BrN2O3. The van der Waals surface area contributed by atoms with E-state index in [1.54, 1.807) is 12.1 Å². The first-order valence-electron chi connectivity index (χ1n) is 5.65. The minimum absolute atomic E-state index is 0.0794. The molecule has 5 nitrogen and oxygen atoms in total. The topological polar surface area (TPSA) is 78.4 Å². The van der Waals surface area contributed by atoms with Gasteiger partial charge < -0.3 is 15.7 Å². The Morgan fingerprint density at radius 2 is 2.22 bits per heavy atom. The minimum atomic E-state index is -1.06. The van der Waals surface area contributed by atoms with Gasteiger partial charge in [0.2, 0.25) is 5.91 Å². The zero-order valence-corrected chi connectivity index (χ0v) is 11.2. The van der Waals surface area contributed by atoms with Crippen molar-refractivity contribution in [2.24, 2.45) is 0 Å². The van der Waals surface area contributed by atoms with Crippen molar-refractivity contribution in [3.63, 3.8) is 0 Å². The van der Waals surface area contributed by atoms with Gasteiger partial charge in [-0.05, 0) is 47.4 Å². The highest BCUT2D eigenvalue weighted by molar-refractivity contribution is 9.10. The number of carboxylic acid groups (broad SMARTS) is 1. The molecule has 0 unspecified atom stereocenters. The summed E-state index contributed by atoms with van der Waals surface area (Å²) in [7, 11) is 0. The Labute approximate surface area is 113 Å². The first kappa shape index (κ1) is 13.0. The molecule has 1 fully saturated rings. The van der Waals surface area contributed by atoms with E-state index in [1.807, 2.05) is 0 Å². The molecule has 6 heteroatoms. The zero-order valence-electron chi connectivity index (χ0n) is 9.57. The molecule has 0 radical (unpaired) electrons. The van der Waals surface area contributed by atoms with Gasteiger partial charge in [0.15, 0.2) is 0 Å². The molecule has 1 saturated heterocycles. The number of nitrogens with one attached hydrogen (secondary N) is 2. The molecule has 2 rings (SSSR count). The molecule has 0 aliphatic carbocycles. The van der Waals surface area contributed by atoms with Gasteiger partial charge in [-0.15, -0.1) is 0 Å². The smallest absolute Gasteiger partial charge is 0.337 e. The van der Waals surface area contributed by atoms with Crippen molar-refractivity contribution in [1.29, 1.82) is 0 Å². The number of carboxylic acids is 1. The number of anilines is 1. The van der Waals surface area contributed by atoms with Crippen LogP contribution in [-0.2, 0) is 4.79 Å². The predicted molar refractivity (Wildman–Crippen MR) is 70.8 cm³/mol. The number of rotatable bonds is 3. The minimum Gasteiger partial charge on any atom is -0.478 e. The Morgan fingerprint density at radius 1 is 1.44 bits per heavy atom. The second-order valence-electron chi connectivity index (χ2n) is 4.11. The van der Waals surface area contributed by atoms with Crippen molar-refractivity contribution >= 4 is 33.5 Å². The molecule has 0 spiro atoms. The largest absolute Gasteiger partial charge is 0.478 e. The lowest BCUT2D eigenvalue weighted by Crippen LogP contribution is -2.36. The monoisotopic (exact) mass is 312 g/mol. The molecule has 1 aliphatic rings.